The number of benzene rings is 1. The second-order valence-electron chi connectivity index (χ2n) is 4.89. The van der Waals surface area contributed by atoms with Gasteiger partial charge in [0.25, 0.3) is 5.91 Å². The molecule has 1 saturated heterocycles. The van der Waals surface area contributed by atoms with Gasteiger partial charge in [0.15, 0.2) is 23.3 Å². The van der Waals surface area contributed by atoms with E-state index < -0.39 is 40.6 Å². The molecule has 1 atom stereocenters. The number of aliphatic hydroxyl groups excluding tert-OH is 1. The van der Waals surface area contributed by atoms with Crippen molar-refractivity contribution in [3.05, 3.63) is 34.6 Å². The molecule has 1 heterocycles. The van der Waals surface area contributed by atoms with Gasteiger partial charge in [0.1, 0.15) is 5.56 Å². The summed E-state index contributed by atoms with van der Waals surface area (Å²) in [5, 5.41) is 9.04. The number of halogens is 5. The van der Waals surface area contributed by atoms with Crippen molar-refractivity contribution in [2.75, 3.05) is 19.7 Å². The maximum absolute atomic E-state index is 13.6. The lowest BCUT2D eigenvalue weighted by molar-refractivity contribution is 0.0608. The number of aliphatic hydroxyl groups is 1. The lowest BCUT2D eigenvalue weighted by Crippen LogP contribution is -2.41. The maximum atomic E-state index is 13.6. The summed E-state index contributed by atoms with van der Waals surface area (Å²) in [5.74, 6) is -12.4. The van der Waals surface area contributed by atoms with Gasteiger partial charge in [-0.1, -0.05) is 0 Å². The summed E-state index contributed by atoms with van der Waals surface area (Å²) in [4.78, 5) is 13.0. The number of hydrogen-bond acceptors (Lipinski definition) is 2. The van der Waals surface area contributed by atoms with E-state index in [1.807, 2.05) is 0 Å². The van der Waals surface area contributed by atoms with Crippen LogP contribution in [-0.2, 0) is 0 Å². The van der Waals surface area contributed by atoms with Crippen molar-refractivity contribution in [3.8, 4) is 0 Å². The Morgan fingerprint density at radius 3 is 2.10 bits per heavy atom. The lowest BCUT2D eigenvalue weighted by Gasteiger charge is -2.32. The highest BCUT2D eigenvalue weighted by Crippen LogP contribution is 2.26. The van der Waals surface area contributed by atoms with E-state index in [0.29, 0.717) is 12.8 Å². The number of piperidine rings is 1. The molecule has 1 unspecified atom stereocenters. The number of carbonyl (C=O) groups excluding carboxylic acids is 1. The van der Waals surface area contributed by atoms with Crippen LogP contribution in [0.4, 0.5) is 22.0 Å². The van der Waals surface area contributed by atoms with Crippen molar-refractivity contribution in [1.29, 1.82) is 0 Å². The fraction of sp³-hybridized carbons (Fsp3) is 0.462. The summed E-state index contributed by atoms with van der Waals surface area (Å²) >= 11 is 0. The molecule has 1 aromatic carbocycles. The fourth-order valence-electron chi connectivity index (χ4n) is 2.35. The van der Waals surface area contributed by atoms with Gasteiger partial charge >= 0.3 is 0 Å². The third-order valence-electron chi connectivity index (χ3n) is 3.49. The molecule has 1 aliphatic heterocycles. The molecule has 2 rings (SSSR count). The number of likely N-dealkylation sites (tertiary alicyclic amines) is 1. The maximum Gasteiger partial charge on any atom is 0.260 e. The highest BCUT2D eigenvalue weighted by molar-refractivity contribution is 5.95. The molecule has 1 aliphatic rings. The summed E-state index contributed by atoms with van der Waals surface area (Å²) in [6, 6.07) is 0. The van der Waals surface area contributed by atoms with E-state index in [-0.39, 0.29) is 25.6 Å². The van der Waals surface area contributed by atoms with Crippen LogP contribution in [0.25, 0.3) is 0 Å². The van der Waals surface area contributed by atoms with Gasteiger partial charge in [0.05, 0.1) is 0 Å². The molecular weight excluding hydrogens is 297 g/mol. The second kappa shape index (κ2) is 5.97. The Hall–Kier alpha value is -1.70. The summed E-state index contributed by atoms with van der Waals surface area (Å²) in [7, 11) is 0. The molecule has 3 nitrogen and oxygen atoms in total. The number of carbonyl (C=O) groups is 1. The monoisotopic (exact) mass is 309 g/mol. The van der Waals surface area contributed by atoms with E-state index in [2.05, 4.69) is 0 Å². The Morgan fingerprint density at radius 2 is 1.57 bits per heavy atom. The molecule has 21 heavy (non-hydrogen) atoms. The molecule has 1 N–H and O–H groups in total. The van der Waals surface area contributed by atoms with Crippen LogP contribution >= 0.6 is 0 Å². The van der Waals surface area contributed by atoms with Crippen molar-refractivity contribution < 1.29 is 31.9 Å². The first-order valence-electron chi connectivity index (χ1n) is 6.30. The SMILES string of the molecule is O=C(c1c(F)c(F)c(F)c(F)c1F)N1CCCC(CO)C1. The fourth-order valence-corrected chi connectivity index (χ4v) is 2.35. The van der Waals surface area contributed by atoms with Gasteiger partial charge < -0.3 is 10.0 Å². The van der Waals surface area contributed by atoms with Gasteiger partial charge in [-0.25, -0.2) is 22.0 Å². The van der Waals surface area contributed by atoms with Crippen molar-refractivity contribution >= 4 is 5.91 Å². The number of rotatable bonds is 2. The van der Waals surface area contributed by atoms with Crippen molar-refractivity contribution in [2.24, 2.45) is 5.92 Å². The van der Waals surface area contributed by atoms with Crippen LogP contribution in [0.1, 0.15) is 23.2 Å². The zero-order valence-electron chi connectivity index (χ0n) is 10.8. The number of nitrogens with zero attached hydrogens (tertiary/aromatic N) is 1. The van der Waals surface area contributed by atoms with Crippen LogP contribution in [-0.4, -0.2) is 35.6 Å². The van der Waals surface area contributed by atoms with Gasteiger partial charge in [-0.15, -0.1) is 0 Å². The molecule has 8 heteroatoms. The second-order valence-corrected chi connectivity index (χ2v) is 4.89. The molecule has 1 amide bonds. The average Bonchev–Trinajstić information content (AvgIpc) is 2.51. The zero-order valence-corrected chi connectivity index (χ0v) is 10.8. The van der Waals surface area contributed by atoms with E-state index in [1.165, 1.54) is 0 Å². The zero-order chi connectivity index (χ0) is 15.7. The van der Waals surface area contributed by atoms with Gasteiger partial charge in [-0.2, -0.15) is 0 Å². The van der Waals surface area contributed by atoms with Crippen LogP contribution in [0.2, 0.25) is 0 Å². The molecule has 0 aromatic heterocycles. The van der Waals surface area contributed by atoms with Crippen molar-refractivity contribution in [2.45, 2.75) is 12.8 Å². The Balaban J connectivity index is 2.40. The predicted octanol–water partition coefficient (Wildman–Crippen LogP) is 2.23. The number of amides is 1. The first-order chi connectivity index (χ1) is 9.88. The van der Waals surface area contributed by atoms with Crippen LogP contribution in [0.5, 0.6) is 0 Å². The lowest BCUT2D eigenvalue weighted by atomic mass is 9.98. The molecule has 0 radical (unpaired) electrons. The summed E-state index contributed by atoms with van der Waals surface area (Å²) in [6.45, 7) is -0.0788. The van der Waals surface area contributed by atoms with E-state index in [9.17, 15) is 26.7 Å². The standard InChI is InChI=1S/C13H12F5NO2/c14-8-7(9(15)11(17)12(18)10(8)16)13(21)19-3-1-2-6(4-19)5-20/h6,20H,1-5H2. The van der Waals surface area contributed by atoms with Crippen LogP contribution < -0.4 is 0 Å². The van der Waals surface area contributed by atoms with E-state index in [0.717, 1.165) is 4.90 Å². The van der Waals surface area contributed by atoms with E-state index in [1.54, 1.807) is 0 Å². The summed E-state index contributed by atoms with van der Waals surface area (Å²) in [5.41, 5.74) is -1.45. The Labute approximate surface area is 117 Å². The minimum absolute atomic E-state index is 0.00876. The third-order valence-corrected chi connectivity index (χ3v) is 3.49. The predicted molar refractivity (Wildman–Crippen MR) is 61.9 cm³/mol. The largest absolute Gasteiger partial charge is 0.396 e. The first-order valence-corrected chi connectivity index (χ1v) is 6.30. The van der Waals surface area contributed by atoms with Gasteiger partial charge in [0.2, 0.25) is 5.82 Å². The molecular formula is C13H12F5NO2. The Kier molecular flexibility index (Phi) is 4.46. The van der Waals surface area contributed by atoms with Crippen LogP contribution in [0.3, 0.4) is 0 Å². The molecule has 0 spiro atoms. The van der Waals surface area contributed by atoms with Crippen LogP contribution in [0.15, 0.2) is 0 Å². The first kappa shape index (κ1) is 15.7. The van der Waals surface area contributed by atoms with E-state index in [4.69, 9.17) is 5.11 Å². The topological polar surface area (TPSA) is 40.5 Å². The van der Waals surface area contributed by atoms with Crippen LogP contribution in [0, 0.1) is 35.0 Å². The highest BCUT2D eigenvalue weighted by atomic mass is 19.2. The Morgan fingerprint density at radius 1 is 1.05 bits per heavy atom. The van der Waals surface area contributed by atoms with Crippen molar-refractivity contribution in [3.63, 3.8) is 0 Å². The highest BCUT2D eigenvalue weighted by Gasteiger charge is 2.33. The average molecular weight is 309 g/mol. The third kappa shape index (κ3) is 2.72. The molecule has 1 aromatic rings. The quantitative estimate of drug-likeness (QED) is 0.517. The van der Waals surface area contributed by atoms with E-state index >= 15 is 0 Å². The molecule has 0 saturated carbocycles. The van der Waals surface area contributed by atoms with Gasteiger partial charge in [0, 0.05) is 19.7 Å². The smallest absolute Gasteiger partial charge is 0.260 e. The summed E-state index contributed by atoms with van der Waals surface area (Å²) < 4.78 is 66.3. The van der Waals surface area contributed by atoms with Gasteiger partial charge in [-0.3, -0.25) is 4.79 Å². The summed E-state index contributed by atoms with van der Waals surface area (Å²) in [6.07, 6.45) is 1.10. The normalized spacial score (nSPS) is 19.0. The number of hydrogen-bond donors (Lipinski definition) is 1. The Bertz CT molecular complexity index is 549. The minimum Gasteiger partial charge on any atom is -0.396 e. The molecule has 0 aliphatic carbocycles. The van der Waals surface area contributed by atoms with Crippen molar-refractivity contribution in [1.82, 2.24) is 4.90 Å². The molecule has 0 bridgehead atoms. The molecule has 116 valence electrons. The minimum atomic E-state index is -2.30. The van der Waals surface area contributed by atoms with Gasteiger partial charge in [-0.05, 0) is 18.8 Å². The molecule has 1 fully saturated rings.